The van der Waals surface area contributed by atoms with Crippen LogP contribution in [-0.4, -0.2) is 17.1 Å². The van der Waals surface area contributed by atoms with Crippen LogP contribution in [0.3, 0.4) is 0 Å². The summed E-state index contributed by atoms with van der Waals surface area (Å²) in [5.41, 5.74) is 0. The summed E-state index contributed by atoms with van der Waals surface area (Å²) in [6, 6.07) is 0. The van der Waals surface area contributed by atoms with E-state index in [1.165, 1.54) is 0 Å². The van der Waals surface area contributed by atoms with Gasteiger partial charge in [0.15, 0.2) is 0 Å². The highest BCUT2D eigenvalue weighted by Gasteiger charge is 2.56. The highest BCUT2D eigenvalue weighted by atomic mass is 19.3. The minimum absolute atomic E-state index is 0.0792. The van der Waals surface area contributed by atoms with E-state index in [0.717, 1.165) is 25.7 Å². The number of halogens is 2. The molecule has 1 nitrogen and oxygen atoms in total. The lowest BCUT2D eigenvalue weighted by Gasteiger charge is -2.13. The van der Waals surface area contributed by atoms with Gasteiger partial charge in [0.1, 0.15) is 0 Å². The molecule has 2 rings (SSSR count). The molecule has 0 heterocycles. The number of hydrogen-bond acceptors (Lipinski definition) is 1. The van der Waals surface area contributed by atoms with E-state index < -0.39 is 5.92 Å². The Morgan fingerprint density at radius 1 is 1.23 bits per heavy atom. The lowest BCUT2D eigenvalue weighted by atomic mass is 9.98. The smallest absolute Gasteiger partial charge is 0.251 e. The highest BCUT2D eigenvalue weighted by Crippen LogP contribution is 2.52. The topological polar surface area (TPSA) is 20.2 Å². The Balaban J connectivity index is 1.68. The van der Waals surface area contributed by atoms with E-state index in [0.29, 0.717) is 12.3 Å². The van der Waals surface area contributed by atoms with Crippen molar-refractivity contribution in [3.63, 3.8) is 0 Å². The van der Waals surface area contributed by atoms with Crippen LogP contribution in [0.2, 0.25) is 0 Å². The maximum Gasteiger partial charge on any atom is 0.251 e. The molecule has 2 saturated carbocycles. The van der Waals surface area contributed by atoms with Crippen LogP contribution in [0.15, 0.2) is 0 Å². The van der Waals surface area contributed by atoms with E-state index in [4.69, 9.17) is 0 Å². The molecule has 0 aromatic heterocycles. The van der Waals surface area contributed by atoms with Crippen LogP contribution >= 0.6 is 0 Å². The Morgan fingerprint density at radius 2 is 1.92 bits per heavy atom. The predicted octanol–water partition coefficient (Wildman–Crippen LogP) is 2.58. The first-order valence-corrected chi connectivity index (χ1v) is 5.15. The van der Waals surface area contributed by atoms with Crippen molar-refractivity contribution in [3.05, 3.63) is 0 Å². The molecule has 0 bridgehead atoms. The molecule has 2 aliphatic rings. The molecule has 13 heavy (non-hydrogen) atoms. The molecule has 0 aromatic carbocycles. The number of alkyl halides is 2. The van der Waals surface area contributed by atoms with Crippen molar-refractivity contribution in [2.45, 2.75) is 50.6 Å². The van der Waals surface area contributed by atoms with Crippen LogP contribution < -0.4 is 0 Å². The summed E-state index contributed by atoms with van der Waals surface area (Å²) >= 11 is 0. The normalized spacial score (nSPS) is 42.2. The first-order chi connectivity index (χ1) is 6.09. The molecule has 3 atom stereocenters. The van der Waals surface area contributed by atoms with Gasteiger partial charge in [0, 0.05) is 12.3 Å². The molecule has 0 radical (unpaired) electrons. The average Bonchev–Trinajstić information content (AvgIpc) is 2.47. The van der Waals surface area contributed by atoms with Gasteiger partial charge < -0.3 is 5.11 Å². The number of aliphatic hydroxyl groups is 1. The Hall–Kier alpha value is -0.180. The van der Waals surface area contributed by atoms with Gasteiger partial charge >= 0.3 is 0 Å². The molecule has 2 aliphatic carbocycles. The Morgan fingerprint density at radius 3 is 2.38 bits per heavy atom. The number of hydrogen-bond donors (Lipinski definition) is 1. The van der Waals surface area contributed by atoms with Crippen LogP contribution in [0.5, 0.6) is 0 Å². The summed E-state index contributed by atoms with van der Waals surface area (Å²) in [7, 11) is 0. The van der Waals surface area contributed by atoms with Crippen LogP contribution in [-0.2, 0) is 0 Å². The Labute approximate surface area is 77.1 Å². The second-order valence-electron chi connectivity index (χ2n) is 4.50. The molecule has 2 fully saturated rings. The van der Waals surface area contributed by atoms with Gasteiger partial charge in [-0.25, -0.2) is 8.78 Å². The first kappa shape index (κ1) is 9.38. The molecule has 0 aliphatic heterocycles. The van der Waals surface area contributed by atoms with Crippen molar-refractivity contribution in [2.75, 3.05) is 0 Å². The van der Waals surface area contributed by atoms with Gasteiger partial charge in [-0.1, -0.05) is 6.42 Å². The molecule has 0 amide bonds. The zero-order chi connectivity index (χ0) is 9.47. The highest BCUT2D eigenvalue weighted by molar-refractivity contribution is 4.95. The number of rotatable bonds is 3. The third-order valence-corrected chi connectivity index (χ3v) is 3.46. The van der Waals surface area contributed by atoms with E-state index in [9.17, 15) is 13.9 Å². The minimum atomic E-state index is -2.37. The second-order valence-corrected chi connectivity index (χ2v) is 4.50. The SMILES string of the molecule is OC1CCCC1CCC1CC1(F)F. The fraction of sp³-hybridized carbons (Fsp3) is 1.00. The summed E-state index contributed by atoms with van der Waals surface area (Å²) in [5.74, 6) is -2.44. The fourth-order valence-corrected chi connectivity index (χ4v) is 2.35. The van der Waals surface area contributed by atoms with Gasteiger partial charge in [0.05, 0.1) is 6.10 Å². The van der Waals surface area contributed by atoms with Crippen LogP contribution in [0.25, 0.3) is 0 Å². The minimum Gasteiger partial charge on any atom is -0.393 e. The summed E-state index contributed by atoms with van der Waals surface area (Å²) in [6.07, 6.45) is 4.22. The van der Waals surface area contributed by atoms with Gasteiger partial charge in [-0.05, 0) is 31.6 Å². The average molecular weight is 190 g/mol. The van der Waals surface area contributed by atoms with Crippen molar-refractivity contribution < 1.29 is 13.9 Å². The van der Waals surface area contributed by atoms with Gasteiger partial charge in [-0.2, -0.15) is 0 Å². The zero-order valence-electron chi connectivity index (χ0n) is 7.68. The largest absolute Gasteiger partial charge is 0.393 e. The lowest BCUT2D eigenvalue weighted by Crippen LogP contribution is -2.13. The van der Waals surface area contributed by atoms with Gasteiger partial charge in [-0.15, -0.1) is 0 Å². The first-order valence-electron chi connectivity index (χ1n) is 5.15. The predicted molar refractivity (Wildman–Crippen MR) is 45.6 cm³/mol. The van der Waals surface area contributed by atoms with Crippen molar-refractivity contribution in [1.29, 1.82) is 0 Å². The third-order valence-electron chi connectivity index (χ3n) is 3.46. The molecule has 0 aromatic rings. The molecule has 76 valence electrons. The molecular formula is C10H16F2O. The quantitative estimate of drug-likeness (QED) is 0.725. The molecule has 3 heteroatoms. The van der Waals surface area contributed by atoms with Crippen LogP contribution in [0, 0.1) is 11.8 Å². The summed E-state index contributed by atoms with van der Waals surface area (Å²) in [4.78, 5) is 0. The van der Waals surface area contributed by atoms with Gasteiger partial charge in [-0.3, -0.25) is 0 Å². The van der Waals surface area contributed by atoms with Crippen molar-refractivity contribution in [1.82, 2.24) is 0 Å². The summed E-state index contributed by atoms with van der Waals surface area (Å²) in [5, 5.41) is 9.46. The molecule has 1 N–H and O–H groups in total. The van der Waals surface area contributed by atoms with Crippen molar-refractivity contribution in [3.8, 4) is 0 Å². The van der Waals surface area contributed by atoms with Gasteiger partial charge in [0.25, 0.3) is 5.92 Å². The van der Waals surface area contributed by atoms with Gasteiger partial charge in [0.2, 0.25) is 0 Å². The van der Waals surface area contributed by atoms with E-state index in [2.05, 4.69) is 0 Å². The van der Waals surface area contributed by atoms with E-state index >= 15 is 0 Å². The van der Waals surface area contributed by atoms with E-state index in [1.807, 2.05) is 0 Å². The zero-order valence-corrected chi connectivity index (χ0v) is 7.68. The summed E-state index contributed by atoms with van der Waals surface area (Å²) in [6.45, 7) is 0. The summed E-state index contributed by atoms with van der Waals surface area (Å²) < 4.78 is 25.0. The molecular weight excluding hydrogens is 174 g/mol. The van der Waals surface area contributed by atoms with Crippen LogP contribution in [0.1, 0.15) is 38.5 Å². The maximum absolute atomic E-state index is 12.5. The van der Waals surface area contributed by atoms with Crippen molar-refractivity contribution >= 4 is 0 Å². The number of aliphatic hydroxyl groups excluding tert-OH is 1. The second kappa shape index (κ2) is 3.19. The standard InChI is InChI=1S/C10H16F2O/c11-10(12)6-8(10)5-4-7-2-1-3-9(7)13/h7-9,13H,1-6H2. The Bertz CT molecular complexity index is 193. The molecule has 0 spiro atoms. The fourth-order valence-electron chi connectivity index (χ4n) is 2.35. The lowest BCUT2D eigenvalue weighted by molar-refractivity contribution is 0.0888. The van der Waals surface area contributed by atoms with Crippen molar-refractivity contribution in [2.24, 2.45) is 11.8 Å². The maximum atomic E-state index is 12.5. The third kappa shape index (κ3) is 2.01. The van der Waals surface area contributed by atoms with E-state index in [1.54, 1.807) is 0 Å². The monoisotopic (exact) mass is 190 g/mol. The molecule has 3 unspecified atom stereocenters. The van der Waals surface area contributed by atoms with E-state index in [-0.39, 0.29) is 18.4 Å². The van der Waals surface area contributed by atoms with Crippen LogP contribution in [0.4, 0.5) is 8.78 Å². The molecule has 0 saturated heterocycles. The Kier molecular flexibility index (Phi) is 2.30.